The molecule has 0 radical (unpaired) electrons. The van der Waals surface area contributed by atoms with Crippen molar-refractivity contribution in [2.75, 3.05) is 32.8 Å². The number of nitrogens with zero attached hydrogens (tertiary/aromatic N) is 2. The van der Waals surface area contributed by atoms with Gasteiger partial charge in [-0.15, -0.1) is 0 Å². The van der Waals surface area contributed by atoms with Gasteiger partial charge in [-0.2, -0.15) is 0 Å². The lowest BCUT2D eigenvalue weighted by molar-refractivity contribution is -0.133. The fourth-order valence-electron chi connectivity index (χ4n) is 3.04. The molecule has 3 rings (SSSR count). The van der Waals surface area contributed by atoms with Crippen molar-refractivity contribution in [1.29, 1.82) is 0 Å². The van der Waals surface area contributed by atoms with E-state index in [2.05, 4.69) is 36.1 Å². The van der Waals surface area contributed by atoms with Crippen molar-refractivity contribution in [1.82, 2.24) is 9.80 Å². The number of rotatable bonds is 6. The normalized spacial score (nSPS) is 15.2. The molecule has 0 N–H and O–H groups in total. The molecule has 0 atom stereocenters. The van der Waals surface area contributed by atoms with E-state index in [1.54, 1.807) is 0 Å². The summed E-state index contributed by atoms with van der Waals surface area (Å²) in [5.41, 5.74) is 2.62. The quantitative estimate of drug-likeness (QED) is 0.811. The van der Waals surface area contributed by atoms with E-state index in [9.17, 15) is 4.79 Å². The highest BCUT2D eigenvalue weighted by molar-refractivity contribution is 5.76. The first kappa shape index (κ1) is 17.5. The third-order valence-corrected chi connectivity index (χ3v) is 4.58. The van der Waals surface area contributed by atoms with Crippen molar-refractivity contribution in [2.24, 2.45) is 0 Å². The topological polar surface area (TPSA) is 32.8 Å². The van der Waals surface area contributed by atoms with Gasteiger partial charge in [-0.25, -0.2) is 0 Å². The van der Waals surface area contributed by atoms with Crippen molar-refractivity contribution >= 4 is 5.91 Å². The van der Waals surface area contributed by atoms with Gasteiger partial charge in [-0.1, -0.05) is 48.0 Å². The number of carbonyl (C=O) groups excluding carboxylic acids is 1. The zero-order valence-corrected chi connectivity index (χ0v) is 14.9. The molecule has 1 saturated heterocycles. The second-order valence-corrected chi connectivity index (χ2v) is 6.55. The molecule has 4 heteroatoms. The van der Waals surface area contributed by atoms with Crippen molar-refractivity contribution < 1.29 is 9.53 Å². The minimum Gasteiger partial charge on any atom is -0.493 e. The standard InChI is InChI=1S/C21H26N2O2/c1-18-7-9-19(10-8-18)17-22-12-14-23(15-13-22)21(24)11-16-25-20-5-3-2-4-6-20/h2-10H,11-17H2,1H3. The number of hydrogen-bond donors (Lipinski definition) is 0. The lowest BCUT2D eigenvalue weighted by Gasteiger charge is -2.34. The fourth-order valence-corrected chi connectivity index (χ4v) is 3.04. The summed E-state index contributed by atoms with van der Waals surface area (Å²) in [4.78, 5) is 16.7. The molecule has 2 aromatic rings. The van der Waals surface area contributed by atoms with E-state index in [-0.39, 0.29) is 5.91 Å². The molecular weight excluding hydrogens is 312 g/mol. The van der Waals surface area contributed by atoms with Gasteiger partial charge < -0.3 is 9.64 Å². The molecule has 1 aliphatic rings. The second kappa shape index (κ2) is 8.67. The Balaban J connectivity index is 1.38. The molecule has 0 aliphatic carbocycles. The van der Waals surface area contributed by atoms with Crippen molar-refractivity contribution in [3.05, 3.63) is 65.7 Å². The van der Waals surface area contributed by atoms with Crippen LogP contribution in [0.15, 0.2) is 54.6 Å². The highest BCUT2D eigenvalue weighted by atomic mass is 16.5. The molecule has 1 heterocycles. The van der Waals surface area contributed by atoms with Crippen LogP contribution in [0.25, 0.3) is 0 Å². The zero-order valence-electron chi connectivity index (χ0n) is 14.9. The molecule has 4 nitrogen and oxygen atoms in total. The maximum Gasteiger partial charge on any atom is 0.226 e. The maximum absolute atomic E-state index is 12.3. The third-order valence-electron chi connectivity index (χ3n) is 4.58. The minimum absolute atomic E-state index is 0.186. The van der Waals surface area contributed by atoms with E-state index in [0.29, 0.717) is 13.0 Å². The van der Waals surface area contributed by atoms with Crippen molar-refractivity contribution in [3.63, 3.8) is 0 Å². The lowest BCUT2D eigenvalue weighted by atomic mass is 10.1. The number of ether oxygens (including phenoxy) is 1. The number of para-hydroxylation sites is 1. The molecule has 0 unspecified atom stereocenters. The Hall–Kier alpha value is -2.33. The molecule has 2 aromatic carbocycles. The first-order valence-corrected chi connectivity index (χ1v) is 8.94. The Morgan fingerprint density at radius 3 is 2.32 bits per heavy atom. The molecule has 25 heavy (non-hydrogen) atoms. The van der Waals surface area contributed by atoms with E-state index in [4.69, 9.17) is 4.74 Å². The van der Waals surface area contributed by atoms with Gasteiger partial charge in [0.2, 0.25) is 5.91 Å². The summed E-state index contributed by atoms with van der Waals surface area (Å²) in [6.45, 7) is 6.96. The molecule has 0 bridgehead atoms. The number of benzene rings is 2. The van der Waals surface area contributed by atoms with Crippen LogP contribution in [-0.4, -0.2) is 48.5 Å². The Labute approximate surface area is 150 Å². The van der Waals surface area contributed by atoms with Gasteiger partial charge in [-0.05, 0) is 24.6 Å². The van der Waals surface area contributed by atoms with Gasteiger partial charge in [0.15, 0.2) is 0 Å². The average Bonchev–Trinajstić information content (AvgIpc) is 2.65. The van der Waals surface area contributed by atoms with Gasteiger partial charge >= 0.3 is 0 Å². The molecular formula is C21H26N2O2. The van der Waals surface area contributed by atoms with E-state index in [0.717, 1.165) is 38.5 Å². The monoisotopic (exact) mass is 338 g/mol. The second-order valence-electron chi connectivity index (χ2n) is 6.55. The van der Waals surface area contributed by atoms with Crippen LogP contribution in [0.3, 0.4) is 0 Å². The van der Waals surface area contributed by atoms with Crippen LogP contribution >= 0.6 is 0 Å². The smallest absolute Gasteiger partial charge is 0.226 e. The Kier molecular flexibility index (Phi) is 6.07. The first-order valence-electron chi connectivity index (χ1n) is 8.94. The largest absolute Gasteiger partial charge is 0.493 e. The summed E-state index contributed by atoms with van der Waals surface area (Å²) >= 11 is 0. The summed E-state index contributed by atoms with van der Waals surface area (Å²) in [6.07, 6.45) is 0.437. The average molecular weight is 338 g/mol. The Morgan fingerprint density at radius 1 is 0.960 bits per heavy atom. The van der Waals surface area contributed by atoms with Crippen LogP contribution in [0.4, 0.5) is 0 Å². The Bertz CT molecular complexity index is 662. The molecule has 0 saturated carbocycles. The maximum atomic E-state index is 12.3. The van der Waals surface area contributed by atoms with E-state index in [1.807, 2.05) is 35.2 Å². The number of piperazine rings is 1. The van der Waals surface area contributed by atoms with Crippen LogP contribution in [0.1, 0.15) is 17.5 Å². The molecule has 1 amide bonds. The SMILES string of the molecule is Cc1ccc(CN2CCN(C(=O)CCOc3ccccc3)CC2)cc1. The van der Waals surface area contributed by atoms with Crippen LogP contribution in [0.2, 0.25) is 0 Å². The molecule has 0 spiro atoms. The van der Waals surface area contributed by atoms with E-state index >= 15 is 0 Å². The summed E-state index contributed by atoms with van der Waals surface area (Å²) in [5.74, 6) is 1.00. The zero-order chi connectivity index (χ0) is 17.5. The summed E-state index contributed by atoms with van der Waals surface area (Å²) < 4.78 is 5.62. The van der Waals surface area contributed by atoms with E-state index in [1.165, 1.54) is 11.1 Å². The molecule has 1 fully saturated rings. The van der Waals surface area contributed by atoms with Crippen LogP contribution in [-0.2, 0) is 11.3 Å². The molecule has 132 valence electrons. The van der Waals surface area contributed by atoms with E-state index < -0.39 is 0 Å². The van der Waals surface area contributed by atoms with Gasteiger partial charge in [0.25, 0.3) is 0 Å². The summed E-state index contributed by atoms with van der Waals surface area (Å²) in [5, 5.41) is 0. The van der Waals surface area contributed by atoms with Crippen LogP contribution in [0, 0.1) is 6.92 Å². The Morgan fingerprint density at radius 2 is 1.64 bits per heavy atom. The lowest BCUT2D eigenvalue weighted by Crippen LogP contribution is -2.48. The van der Waals surface area contributed by atoms with Crippen molar-refractivity contribution in [2.45, 2.75) is 19.9 Å². The summed E-state index contributed by atoms with van der Waals surface area (Å²) in [7, 11) is 0. The fraction of sp³-hybridized carbons (Fsp3) is 0.381. The van der Waals surface area contributed by atoms with Crippen LogP contribution < -0.4 is 4.74 Å². The number of amides is 1. The molecule has 0 aromatic heterocycles. The van der Waals surface area contributed by atoms with Gasteiger partial charge in [0.05, 0.1) is 13.0 Å². The number of carbonyl (C=O) groups is 1. The highest BCUT2D eigenvalue weighted by Crippen LogP contribution is 2.12. The van der Waals surface area contributed by atoms with Gasteiger partial charge in [0, 0.05) is 32.7 Å². The molecule has 1 aliphatic heterocycles. The number of hydrogen-bond acceptors (Lipinski definition) is 3. The van der Waals surface area contributed by atoms with Gasteiger partial charge in [-0.3, -0.25) is 9.69 Å². The predicted molar refractivity (Wildman–Crippen MR) is 99.6 cm³/mol. The summed E-state index contributed by atoms with van der Waals surface area (Å²) in [6, 6.07) is 18.3. The third kappa shape index (κ3) is 5.33. The predicted octanol–water partition coefficient (Wildman–Crippen LogP) is 3.11. The van der Waals surface area contributed by atoms with Crippen molar-refractivity contribution in [3.8, 4) is 5.75 Å². The minimum atomic E-state index is 0.186. The first-order chi connectivity index (χ1) is 12.2. The van der Waals surface area contributed by atoms with Gasteiger partial charge in [0.1, 0.15) is 5.75 Å². The van der Waals surface area contributed by atoms with Crippen LogP contribution in [0.5, 0.6) is 5.75 Å². The number of aryl methyl sites for hydroxylation is 1. The highest BCUT2D eigenvalue weighted by Gasteiger charge is 2.20.